The van der Waals surface area contributed by atoms with Crippen molar-refractivity contribution in [3.63, 3.8) is 0 Å². The van der Waals surface area contributed by atoms with E-state index in [2.05, 4.69) is 10.0 Å². The number of rotatable bonds is 5. The molecule has 2 rings (SSSR count). The number of para-hydroxylation sites is 1. The number of amides is 1. The van der Waals surface area contributed by atoms with Crippen LogP contribution in [0.1, 0.15) is 24.2 Å². The summed E-state index contributed by atoms with van der Waals surface area (Å²) in [4.78, 5) is 12.2. The van der Waals surface area contributed by atoms with Gasteiger partial charge in [-0.2, -0.15) is 0 Å². The molecule has 0 fully saturated rings. The van der Waals surface area contributed by atoms with Crippen molar-refractivity contribution in [2.24, 2.45) is 0 Å². The molecule has 0 unspecified atom stereocenters. The number of halogens is 1. The average Bonchev–Trinajstić information content (AvgIpc) is 2.48. The summed E-state index contributed by atoms with van der Waals surface area (Å²) in [6, 6.07) is 11.1. The van der Waals surface area contributed by atoms with E-state index in [9.17, 15) is 17.6 Å². The predicted molar refractivity (Wildman–Crippen MR) is 86.3 cm³/mol. The zero-order valence-corrected chi connectivity index (χ0v) is 13.5. The predicted octanol–water partition coefficient (Wildman–Crippen LogP) is 2.76. The molecule has 7 heteroatoms. The Balaban J connectivity index is 2.26. The van der Waals surface area contributed by atoms with Gasteiger partial charge in [-0.15, -0.1) is 0 Å². The number of sulfonamides is 1. The van der Waals surface area contributed by atoms with Crippen LogP contribution in [0.15, 0.2) is 53.4 Å². The molecule has 2 N–H and O–H groups in total. The Bertz CT molecular complexity index is 820. The highest BCUT2D eigenvalue weighted by Gasteiger charge is 2.17. The number of anilines is 1. The Hall–Kier alpha value is -2.25. The average molecular weight is 336 g/mol. The maximum absolute atomic E-state index is 13.6. The topological polar surface area (TPSA) is 75.3 Å². The SMILES string of the molecule is CC(C)NS(=O)(=O)c1cccc(C(=O)Nc2ccccc2F)c1. The Labute approximate surface area is 134 Å². The van der Waals surface area contributed by atoms with Crippen molar-refractivity contribution in [3.8, 4) is 0 Å². The van der Waals surface area contributed by atoms with Crippen LogP contribution in [-0.4, -0.2) is 20.4 Å². The molecule has 0 aliphatic rings. The van der Waals surface area contributed by atoms with Crippen LogP contribution >= 0.6 is 0 Å². The van der Waals surface area contributed by atoms with Crippen LogP contribution in [0.2, 0.25) is 0 Å². The lowest BCUT2D eigenvalue weighted by Gasteiger charge is -2.11. The maximum atomic E-state index is 13.6. The molecule has 0 heterocycles. The van der Waals surface area contributed by atoms with Gasteiger partial charge < -0.3 is 5.32 Å². The molecule has 1 amide bonds. The first-order chi connectivity index (χ1) is 10.8. The molecule has 0 radical (unpaired) electrons. The minimum atomic E-state index is -3.70. The van der Waals surface area contributed by atoms with Gasteiger partial charge in [-0.05, 0) is 44.2 Å². The molecule has 0 bridgehead atoms. The lowest BCUT2D eigenvalue weighted by atomic mass is 10.2. The standard InChI is InChI=1S/C16H17FN2O3S/c1-11(2)19-23(21,22)13-7-5-6-12(10-13)16(20)18-15-9-4-3-8-14(15)17/h3-11,19H,1-2H3,(H,18,20). The normalized spacial score (nSPS) is 11.5. The summed E-state index contributed by atoms with van der Waals surface area (Å²) in [6.45, 7) is 3.40. The molecule has 0 spiro atoms. The molecule has 0 aliphatic heterocycles. The molecular weight excluding hydrogens is 319 g/mol. The number of benzene rings is 2. The number of hydrogen-bond acceptors (Lipinski definition) is 3. The van der Waals surface area contributed by atoms with E-state index in [0.717, 1.165) is 0 Å². The molecule has 0 aliphatic carbocycles. The van der Waals surface area contributed by atoms with Gasteiger partial charge in [0.15, 0.2) is 0 Å². The smallest absolute Gasteiger partial charge is 0.255 e. The van der Waals surface area contributed by atoms with Crippen molar-refractivity contribution >= 4 is 21.6 Å². The highest BCUT2D eigenvalue weighted by atomic mass is 32.2. The molecule has 23 heavy (non-hydrogen) atoms. The van der Waals surface area contributed by atoms with Gasteiger partial charge in [0, 0.05) is 11.6 Å². The van der Waals surface area contributed by atoms with E-state index < -0.39 is 21.7 Å². The Morgan fingerprint density at radius 2 is 1.78 bits per heavy atom. The summed E-state index contributed by atoms with van der Waals surface area (Å²) >= 11 is 0. The van der Waals surface area contributed by atoms with Crippen molar-refractivity contribution in [2.45, 2.75) is 24.8 Å². The lowest BCUT2D eigenvalue weighted by Crippen LogP contribution is -2.30. The summed E-state index contributed by atoms with van der Waals surface area (Å²) < 4.78 is 40.3. The second-order valence-corrected chi connectivity index (χ2v) is 6.95. The van der Waals surface area contributed by atoms with Gasteiger partial charge in [0.2, 0.25) is 10.0 Å². The first-order valence-electron chi connectivity index (χ1n) is 6.98. The lowest BCUT2D eigenvalue weighted by molar-refractivity contribution is 0.102. The van der Waals surface area contributed by atoms with Gasteiger partial charge in [-0.3, -0.25) is 4.79 Å². The van der Waals surface area contributed by atoms with E-state index in [1.54, 1.807) is 19.9 Å². The summed E-state index contributed by atoms with van der Waals surface area (Å²) in [5, 5.41) is 2.42. The van der Waals surface area contributed by atoms with E-state index in [4.69, 9.17) is 0 Å². The van der Waals surface area contributed by atoms with Gasteiger partial charge in [0.25, 0.3) is 5.91 Å². The second kappa shape index (κ2) is 6.89. The summed E-state index contributed by atoms with van der Waals surface area (Å²) in [6.07, 6.45) is 0. The van der Waals surface area contributed by atoms with Crippen LogP contribution < -0.4 is 10.0 Å². The van der Waals surface area contributed by atoms with Gasteiger partial charge in [0.1, 0.15) is 5.82 Å². The number of carbonyl (C=O) groups excluding carboxylic acids is 1. The fourth-order valence-corrected chi connectivity index (χ4v) is 3.24. The zero-order valence-electron chi connectivity index (χ0n) is 12.7. The third-order valence-electron chi connectivity index (χ3n) is 2.92. The van der Waals surface area contributed by atoms with E-state index >= 15 is 0 Å². The zero-order chi connectivity index (χ0) is 17.0. The molecule has 2 aromatic rings. The maximum Gasteiger partial charge on any atom is 0.255 e. The largest absolute Gasteiger partial charge is 0.319 e. The highest BCUT2D eigenvalue weighted by molar-refractivity contribution is 7.89. The number of hydrogen-bond donors (Lipinski definition) is 2. The van der Waals surface area contributed by atoms with Crippen LogP contribution in [0.25, 0.3) is 0 Å². The molecule has 0 saturated heterocycles. The van der Waals surface area contributed by atoms with Gasteiger partial charge in [-0.25, -0.2) is 17.5 Å². The van der Waals surface area contributed by atoms with Crippen molar-refractivity contribution in [2.75, 3.05) is 5.32 Å². The van der Waals surface area contributed by atoms with Crippen molar-refractivity contribution in [1.82, 2.24) is 4.72 Å². The van der Waals surface area contributed by atoms with Crippen LogP contribution in [-0.2, 0) is 10.0 Å². The Morgan fingerprint density at radius 1 is 1.09 bits per heavy atom. The fourth-order valence-electron chi connectivity index (χ4n) is 1.94. The van der Waals surface area contributed by atoms with Crippen LogP contribution in [0.3, 0.4) is 0 Å². The van der Waals surface area contributed by atoms with Crippen LogP contribution in [0, 0.1) is 5.82 Å². The monoisotopic (exact) mass is 336 g/mol. The highest BCUT2D eigenvalue weighted by Crippen LogP contribution is 2.16. The molecule has 122 valence electrons. The van der Waals surface area contributed by atoms with Crippen LogP contribution in [0.4, 0.5) is 10.1 Å². The summed E-state index contributed by atoms with van der Waals surface area (Å²) in [7, 11) is -3.70. The van der Waals surface area contributed by atoms with Crippen LogP contribution in [0.5, 0.6) is 0 Å². The fraction of sp³-hybridized carbons (Fsp3) is 0.188. The van der Waals surface area contributed by atoms with Gasteiger partial charge >= 0.3 is 0 Å². The molecule has 0 atom stereocenters. The summed E-state index contributed by atoms with van der Waals surface area (Å²) in [5.41, 5.74) is 0.158. The quantitative estimate of drug-likeness (QED) is 0.881. The molecule has 2 aromatic carbocycles. The Morgan fingerprint density at radius 3 is 2.43 bits per heavy atom. The minimum Gasteiger partial charge on any atom is -0.319 e. The third kappa shape index (κ3) is 4.37. The number of nitrogens with one attached hydrogen (secondary N) is 2. The van der Waals surface area contributed by atoms with Gasteiger partial charge in [0.05, 0.1) is 10.6 Å². The number of carbonyl (C=O) groups is 1. The minimum absolute atomic E-state index is 0.0209. The molecular formula is C16H17FN2O3S. The summed E-state index contributed by atoms with van der Waals surface area (Å²) in [5.74, 6) is -1.15. The van der Waals surface area contributed by atoms with E-state index in [1.165, 1.54) is 42.5 Å². The Kier molecular flexibility index (Phi) is 5.12. The van der Waals surface area contributed by atoms with Crippen molar-refractivity contribution in [1.29, 1.82) is 0 Å². The second-order valence-electron chi connectivity index (χ2n) is 5.24. The van der Waals surface area contributed by atoms with E-state index in [1.807, 2.05) is 0 Å². The first kappa shape index (κ1) is 17.1. The van der Waals surface area contributed by atoms with E-state index in [0.29, 0.717) is 0 Å². The molecule has 5 nitrogen and oxygen atoms in total. The van der Waals surface area contributed by atoms with E-state index in [-0.39, 0.29) is 22.2 Å². The van der Waals surface area contributed by atoms with Gasteiger partial charge in [-0.1, -0.05) is 18.2 Å². The molecule has 0 aromatic heterocycles. The van der Waals surface area contributed by atoms with Crippen molar-refractivity contribution < 1.29 is 17.6 Å². The van der Waals surface area contributed by atoms with Crippen molar-refractivity contribution in [3.05, 3.63) is 59.9 Å². The molecule has 0 saturated carbocycles. The third-order valence-corrected chi connectivity index (χ3v) is 4.58. The first-order valence-corrected chi connectivity index (χ1v) is 8.46.